The lowest BCUT2D eigenvalue weighted by molar-refractivity contribution is -0.123. The number of hydrogen-bond donors (Lipinski definition) is 2. The number of carbonyl (C=O) groups is 1. The van der Waals surface area contributed by atoms with Gasteiger partial charge in [-0.3, -0.25) is 4.79 Å². The lowest BCUT2D eigenvalue weighted by atomic mass is 10.2. The van der Waals surface area contributed by atoms with Crippen molar-refractivity contribution in [2.45, 2.75) is 25.1 Å². The molecule has 2 N–H and O–H groups in total. The molecule has 1 aromatic rings. The molecule has 2 unspecified atom stereocenters. The fraction of sp³-hybridized carbons (Fsp3) is 0.636. The number of nitrogens with zero attached hydrogens (tertiary/aromatic N) is 2. The summed E-state index contributed by atoms with van der Waals surface area (Å²) in [5.41, 5.74) is 0. The minimum absolute atomic E-state index is 0.0460. The van der Waals surface area contributed by atoms with E-state index in [0.717, 1.165) is 19.5 Å². The second-order valence-electron chi connectivity index (χ2n) is 4.15. The number of methoxy groups -OCH3 is 1. The molecule has 1 aromatic heterocycles. The maximum atomic E-state index is 11.8. The summed E-state index contributed by atoms with van der Waals surface area (Å²) in [6.45, 7) is 2.10. The number of ether oxygens (including phenoxy) is 1. The van der Waals surface area contributed by atoms with Crippen LogP contribution in [0.2, 0.25) is 0 Å². The molecule has 2 heterocycles. The van der Waals surface area contributed by atoms with Gasteiger partial charge in [0.1, 0.15) is 0 Å². The molecule has 0 bridgehead atoms. The van der Waals surface area contributed by atoms with E-state index < -0.39 is 0 Å². The molecule has 1 amide bonds. The van der Waals surface area contributed by atoms with Gasteiger partial charge < -0.3 is 19.9 Å². The van der Waals surface area contributed by atoms with Gasteiger partial charge in [-0.1, -0.05) is 0 Å². The average Bonchev–Trinajstić information content (AvgIpc) is 2.99. The van der Waals surface area contributed by atoms with E-state index in [9.17, 15) is 4.79 Å². The van der Waals surface area contributed by atoms with E-state index in [1.165, 1.54) is 0 Å². The molecule has 2 rings (SSSR count). The molecule has 1 fully saturated rings. The van der Waals surface area contributed by atoms with Crippen molar-refractivity contribution in [2.75, 3.05) is 20.2 Å². The maximum absolute atomic E-state index is 11.8. The third-order valence-corrected chi connectivity index (χ3v) is 2.97. The minimum Gasteiger partial charge on any atom is -0.380 e. The molecule has 6 heteroatoms. The van der Waals surface area contributed by atoms with Crippen molar-refractivity contribution < 1.29 is 9.53 Å². The second-order valence-corrected chi connectivity index (χ2v) is 4.15. The maximum Gasteiger partial charge on any atom is 0.237 e. The molecule has 0 spiro atoms. The molecule has 1 aliphatic rings. The molecule has 94 valence electrons. The summed E-state index contributed by atoms with van der Waals surface area (Å²) in [4.78, 5) is 15.7. The van der Waals surface area contributed by atoms with Crippen molar-refractivity contribution in [3.8, 4) is 0 Å². The van der Waals surface area contributed by atoms with E-state index in [0.29, 0.717) is 6.54 Å². The number of rotatable bonds is 5. The number of carbonyl (C=O) groups excluding carboxylic acids is 1. The summed E-state index contributed by atoms with van der Waals surface area (Å²) < 4.78 is 7.13. The lowest BCUT2D eigenvalue weighted by Gasteiger charge is -2.11. The minimum atomic E-state index is -0.122. The first kappa shape index (κ1) is 12.1. The van der Waals surface area contributed by atoms with E-state index in [2.05, 4.69) is 15.6 Å². The van der Waals surface area contributed by atoms with Crippen LogP contribution in [0.5, 0.6) is 0 Å². The summed E-state index contributed by atoms with van der Waals surface area (Å²) in [5, 5.41) is 6.05. The first-order valence-corrected chi connectivity index (χ1v) is 5.79. The van der Waals surface area contributed by atoms with Crippen LogP contribution >= 0.6 is 0 Å². The monoisotopic (exact) mass is 238 g/mol. The lowest BCUT2D eigenvalue weighted by Crippen LogP contribution is -2.41. The fourth-order valence-corrected chi connectivity index (χ4v) is 1.93. The quantitative estimate of drug-likeness (QED) is 0.717. The van der Waals surface area contributed by atoms with Gasteiger partial charge in [-0.2, -0.15) is 0 Å². The molecule has 17 heavy (non-hydrogen) atoms. The van der Waals surface area contributed by atoms with Crippen LogP contribution < -0.4 is 10.6 Å². The van der Waals surface area contributed by atoms with E-state index in [4.69, 9.17) is 4.74 Å². The Labute approximate surface area is 100 Å². The Morgan fingerprint density at radius 1 is 1.71 bits per heavy atom. The Balaban J connectivity index is 1.67. The van der Waals surface area contributed by atoms with E-state index in [-0.39, 0.29) is 18.1 Å². The van der Waals surface area contributed by atoms with Gasteiger partial charge in [-0.25, -0.2) is 4.98 Å². The number of aromatic nitrogens is 2. The van der Waals surface area contributed by atoms with Crippen molar-refractivity contribution in [1.29, 1.82) is 0 Å². The Kier molecular flexibility index (Phi) is 4.11. The van der Waals surface area contributed by atoms with E-state index in [1.807, 2.05) is 10.8 Å². The average molecular weight is 238 g/mol. The molecule has 6 nitrogen and oxygen atoms in total. The van der Waals surface area contributed by atoms with Crippen LogP contribution in [0.25, 0.3) is 0 Å². The molecule has 1 saturated heterocycles. The molecular formula is C11H18N4O2. The van der Waals surface area contributed by atoms with Crippen molar-refractivity contribution in [3.63, 3.8) is 0 Å². The van der Waals surface area contributed by atoms with Gasteiger partial charge in [-0.05, 0) is 6.42 Å². The van der Waals surface area contributed by atoms with Gasteiger partial charge in [0, 0.05) is 39.1 Å². The number of hydrogen-bond acceptors (Lipinski definition) is 4. The summed E-state index contributed by atoms with van der Waals surface area (Å²) >= 11 is 0. The van der Waals surface area contributed by atoms with Crippen molar-refractivity contribution in [3.05, 3.63) is 18.7 Å². The zero-order chi connectivity index (χ0) is 12.1. The topological polar surface area (TPSA) is 68.2 Å². The van der Waals surface area contributed by atoms with Crippen LogP contribution in [0.1, 0.15) is 6.42 Å². The second kappa shape index (κ2) is 5.79. The molecule has 0 radical (unpaired) electrons. The predicted octanol–water partition coefficient (Wildman–Crippen LogP) is -0.624. The van der Waals surface area contributed by atoms with Crippen LogP contribution in [-0.2, 0) is 16.1 Å². The highest BCUT2D eigenvalue weighted by Gasteiger charge is 2.28. The third-order valence-electron chi connectivity index (χ3n) is 2.97. The van der Waals surface area contributed by atoms with Gasteiger partial charge >= 0.3 is 0 Å². The highest BCUT2D eigenvalue weighted by Crippen LogP contribution is 2.09. The van der Waals surface area contributed by atoms with Crippen molar-refractivity contribution >= 4 is 5.91 Å². The van der Waals surface area contributed by atoms with Gasteiger partial charge in [0.2, 0.25) is 5.91 Å². The SMILES string of the molecule is COC1CNC(C(=O)NCCn2ccnc2)C1. The zero-order valence-corrected chi connectivity index (χ0v) is 9.93. The zero-order valence-electron chi connectivity index (χ0n) is 9.93. The normalized spacial score (nSPS) is 23.8. The number of imidazole rings is 1. The van der Waals surface area contributed by atoms with E-state index in [1.54, 1.807) is 19.6 Å². The first-order chi connectivity index (χ1) is 8.29. The molecule has 0 aliphatic carbocycles. The highest BCUT2D eigenvalue weighted by molar-refractivity contribution is 5.82. The summed E-state index contributed by atoms with van der Waals surface area (Å²) in [6, 6.07) is -0.122. The molecule has 0 saturated carbocycles. The molecular weight excluding hydrogens is 220 g/mol. The summed E-state index contributed by atoms with van der Waals surface area (Å²) in [7, 11) is 1.67. The number of nitrogens with one attached hydrogen (secondary N) is 2. The van der Waals surface area contributed by atoms with Crippen LogP contribution in [0, 0.1) is 0 Å². The van der Waals surface area contributed by atoms with Gasteiger partial charge in [-0.15, -0.1) is 0 Å². The highest BCUT2D eigenvalue weighted by atomic mass is 16.5. The van der Waals surface area contributed by atoms with Gasteiger partial charge in [0.05, 0.1) is 18.5 Å². The number of amides is 1. The van der Waals surface area contributed by atoms with Gasteiger partial charge in [0.25, 0.3) is 0 Å². The predicted molar refractivity (Wildman–Crippen MR) is 62.4 cm³/mol. The van der Waals surface area contributed by atoms with Crippen LogP contribution in [0.4, 0.5) is 0 Å². The van der Waals surface area contributed by atoms with E-state index >= 15 is 0 Å². The van der Waals surface area contributed by atoms with Crippen LogP contribution in [0.15, 0.2) is 18.7 Å². The smallest absolute Gasteiger partial charge is 0.237 e. The van der Waals surface area contributed by atoms with Crippen LogP contribution in [-0.4, -0.2) is 47.8 Å². The molecule has 0 aromatic carbocycles. The van der Waals surface area contributed by atoms with Crippen molar-refractivity contribution in [2.24, 2.45) is 0 Å². The van der Waals surface area contributed by atoms with Crippen molar-refractivity contribution in [1.82, 2.24) is 20.2 Å². The fourth-order valence-electron chi connectivity index (χ4n) is 1.93. The summed E-state index contributed by atoms with van der Waals surface area (Å²) in [5.74, 6) is 0.0460. The Morgan fingerprint density at radius 2 is 2.59 bits per heavy atom. The van der Waals surface area contributed by atoms with Crippen LogP contribution in [0.3, 0.4) is 0 Å². The largest absolute Gasteiger partial charge is 0.380 e. The first-order valence-electron chi connectivity index (χ1n) is 5.79. The standard InChI is InChI=1S/C11H18N4O2/c1-17-9-6-10(14-7-9)11(16)13-3-5-15-4-2-12-8-15/h2,4,8-10,14H,3,5-7H2,1H3,(H,13,16). The Bertz CT molecular complexity index is 352. The van der Waals surface area contributed by atoms with Gasteiger partial charge in [0.15, 0.2) is 0 Å². The third kappa shape index (κ3) is 3.28. The Morgan fingerprint density at radius 3 is 3.24 bits per heavy atom. The molecule has 1 aliphatic heterocycles. The molecule has 2 atom stereocenters. The summed E-state index contributed by atoms with van der Waals surface area (Å²) in [6.07, 6.45) is 6.23. The Hall–Kier alpha value is -1.40.